The van der Waals surface area contributed by atoms with E-state index in [1.165, 1.54) is 32.2 Å². The Morgan fingerprint density at radius 2 is 1.87 bits per heavy atom. The summed E-state index contributed by atoms with van der Waals surface area (Å²) in [7, 11) is -2.64. The van der Waals surface area contributed by atoms with Gasteiger partial charge in [-0.05, 0) is 55.3 Å². The number of methoxy groups -OCH3 is 1. The second kappa shape index (κ2) is 6.37. The quantitative estimate of drug-likeness (QED) is 0.871. The zero-order valence-corrected chi connectivity index (χ0v) is 13.7. The van der Waals surface area contributed by atoms with Crippen molar-refractivity contribution in [3.05, 3.63) is 58.9 Å². The molecule has 0 aliphatic heterocycles. The maximum absolute atomic E-state index is 13.3. The summed E-state index contributed by atoms with van der Waals surface area (Å²) in [5.74, 6) is -1.03. The maximum Gasteiger partial charge on any atom is 0.338 e. The molecule has 2 rings (SSSR count). The second-order valence-corrected chi connectivity index (χ2v) is 6.67. The molecular formula is C16H16FNO4S. The van der Waals surface area contributed by atoms with Crippen LogP contribution in [0.15, 0.2) is 41.3 Å². The smallest absolute Gasteiger partial charge is 0.338 e. The molecule has 0 bridgehead atoms. The Balaban J connectivity index is 2.41. The average molecular weight is 337 g/mol. The zero-order chi connectivity index (χ0) is 17.2. The molecule has 23 heavy (non-hydrogen) atoms. The number of aryl methyl sites for hydroxylation is 1. The number of esters is 1. The van der Waals surface area contributed by atoms with E-state index >= 15 is 0 Å². The lowest BCUT2D eigenvalue weighted by atomic mass is 10.1. The Kier molecular flexibility index (Phi) is 4.70. The van der Waals surface area contributed by atoms with Gasteiger partial charge in [-0.2, -0.15) is 0 Å². The molecule has 5 nitrogen and oxygen atoms in total. The number of carbonyl (C=O) groups is 1. The number of sulfonamides is 1. The Bertz CT molecular complexity index is 862. The topological polar surface area (TPSA) is 72.5 Å². The van der Waals surface area contributed by atoms with Gasteiger partial charge in [0.15, 0.2) is 0 Å². The monoisotopic (exact) mass is 337 g/mol. The molecule has 0 heterocycles. The normalized spacial score (nSPS) is 11.1. The van der Waals surface area contributed by atoms with Crippen LogP contribution >= 0.6 is 0 Å². The van der Waals surface area contributed by atoms with Crippen LogP contribution in [-0.4, -0.2) is 21.5 Å². The summed E-state index contributed by atoms with van der Waals surface area (Å²) < 4.78 is 45.2. The minimum atomic E-state index is -3.89. The Morgan fingerprint density at radius 1 is 1.17 bits per heavy atom. The Hall–Kier alpha value is -2.41. The highest BCUT2D eigenvalue weighted by molar-refractivity contribution is 7.92. The number of rotatable bonds is 4. The molecule has 2 aromatic carbocycles. The minimum Gasteiger partial charge on any atom is -0.465 e. The van der Waals surface area contributed by atoms with E-state index in [2.05, 4.69) is 9.46 Å². The molecule has 0 spiro atoms. The van der Waals surface area contributed by atoms with Gasteiger partial charge >= 0.3 is 5.97 Å². The Labute approximate surface area is 134 Å². The molecular weight excluding hydrogens is 321 g/mol. The van der Waals surface area contributed by atoms with Crippen LogP contribution in [-0.2, 0) is 14.8 Å². The number of anilines is 1. The van der Waals surface area contributed by atoms with E-state index in [4.69, 9.17) is 0 Å². The van der Waals surface area contributed by atoms with Crippen molar-refractivity contribution < 1.29 is 22.3 Å². The van der Waals surface area contributed by atoms with E-state index in [0.717, 1.165) is 6.07 Å². The van der Waals surface area contributed by atoms with Crippen LogP contribution < -0.4 is 4.72 Å². The van der Waals surface area contributed by atoms with E-state index in [9.17, 15) is 17.6 Å². The summed E-state index contributed by atoms with van der Waals surface area (Å²) in [6.07, 6.45) is 0. The molecule has 0 amide bonds. The average Bonchev–Trinajstić information content (AvgIpc) is 2.51. The predicted molar refractivity (Wildman–Crippen MR) is 84.5 cm³/mol. The molecule has 2 aromatic rings. The fourth-order valence-electron chi connectivity index (χ4n) is 2.07. The molecule has 7 heteroatoms. The number of nitrogens with one attached hydrogen (secondary N) is 1. The van der Waals surface area contributed by atoms with Gasteiger partial charge in [0.25, 0.3) is 10.0 Å². The van der Waals surface area contributed by atoms with Crippen LogP contribution in [0.4, 0.5) is 10.1 Å². The van der Waals surface area contributed by atoms with Crippen LogP contribution in [0.5, 0.6) is 0 Å². The third-order valence-corrected chi connectivity index (χ3v) is 4.79. The first-order chi connectivity index (χ1) is 10.8. The van der Waals surface area contributed by atoms with Crippen molar-refractivity contribution in [3.63, 3.8) is 0 Å². The second-order valence-electron chi connectivity index (χ2n) is 4.99. The van der Waals surface area contributed by atoms with Gasteiger partial charge in [0, 0.05) is 0 Å². The molecule has 0 aliphatic carbocycles. The zero-order valence-electron chi connectivity index (χ0n) is 12.9. The van der Waals surface area contributed by atoms with Crippen molar-refractivity contribution in [3.8, 4) is 0 Å². The van der Waals surface area contributed by atoms with Gasteiger partial charge < -0.3 is 4.74 Å². The van der Waals surface area contributed by atoms with Gasteiger partial charge in [0.05, 0.1) is 23.3 Å². The van der Waals surface area contributed by atoms with Gasteiger partial charge in [0.1, 0.15) is 5.82 Å². The first kappa shape index (κ1) is 17.0. The van der Waals surface area contributed by atoms with Gasteiger partial charge in [-0.1, -0.05) is 6.07 Å². The van der Waals surface area contributed by atoms with Crippen molar-refractivity contribution in [2.75, 3.05) is 11.8 Å². The van der Waals surface area contributed by atoms with Gasteiger partial charge in [0.2, 0.25) is 0 Å². The lowest BCUT2D eigenvalue weighted by molar-refractivity contribution is 0.0600. The SMILES string of the molecule is COC(=O)c1cccc(NS(=O)(=O)c2ccc(F)c(C)c2)c1C. The summed E-state index contributed by atoms with van der Waals surface area (Å²) in [6.45, 7) is 3.09. The van der Waals surface area contributed by atoms with E-state index in [1.807, 2.05) is 0 Å². The van der Waals surface area contributed by atoms with Crippen LogP contribution in [0, 0.1) is 19.7 Å². The third kappa shape index (κ3) is 3.50. The van der Waals surface area contributed by atoms with Crippen LogP contribution in [0.1, 0.15) is 21.5 Å². The number of hydrogen-bond acceptors (Lipinski definition) is 4. The lowest BCUT2D eigenvalue weighted by Crippen LogP contribution is -2.15. The van der Waals surface area contributed by atoms with Crippen molar-refractivity contribution in [2.24, 2.45) is 0 Å². The van der Waals surface area contributed by atoms with Gasteiger partial charge in [-0.3, -0.25) is 4.72 Å². The third-order valence-electron chi connectivity index (χ3n) is 3.42. The number of ether oxygens (including phenoxy) is 1. The summed E-state index contributed by atoms with van der Waals surface area (Å²) in [6, 6.07) is 8.16. The largest absolute Gasteiger partial charge is 0.465 e. The molecule has 1 N–H and O–H groups in total. The molecule has 0 saturated heterocycles. The number of carbonyl (C=O) groups excluding carboxylic acids is 1. The van der Waals surface area contributed by atoms with Gasteiger partial charge in [-0.25, -0.2) is 17.6 Å². The van der Waals surface area contributed by atoms with Gasteiger partial charge in [-0.15, -0.1) is 0 Å². The first-order valence-electron chi connectivity index (χ1n) is 6.73. The fraction of sp³-hybridized carbons (Fsp3) is 0.188. The molecule has 0 unspecified atom stereocenters. The van der Waals surface area contributed by atoms with Crippen molar-refractivity contribution in [2.45, 2.75) is 18.7 Å². The van der Waals surface area contributed by atoms with E-state index in [-0.39, 0.29) is 21.7 Å². The predicted octanol–water partition coefficient (Wildman–Crippen LogP) is 3.03. The maximum atomic E-state index is 13.3. The first-order valence-corrected chi connectivity index (χ1v) is 8.21. The standard InChI is InChI=1S/C16H16FNO4S/c1-10-9-12(7-8-14(10)17)23(20,21)18-15-6-4-5-13(11(15)2)16(19)22-3/h4-9,18H,1-3H3. The van der Waals surface area contributed by atoms with E-state index in [1.54, 1.807) is 19.1 Å². The minimum absolute atomic E-state index is 0.0562. The van der Waals surface area contributed by atoms with Crippen molar-refractivity contribution in [1.82, 2.24) is 0 Å². The number of benzene rings is 2. The lowest BCUT2D eigenvalue weighted by Gasteiger charge is -2.13. The highest BCUT2D eigenvalue weighted by Gasteiger charge is 2.19. The van der Waals surface area contributed by atoms with Crippen LogP contribution in [0.3, 0.4) is 0 Å². The molecule has 122 valence electrons. The number of hydrogen-bond donors (Lipinski definition) is 1. The summed E-state index contributed by atoms with van der Waals surface area (Å²) in [5, 5.41) is 0. The molecule has 0 fully saturated rings. The highest BCUT2D eigenvalue weighted by atomic mass is 32.2. The number of halogens is 1. The summed E-state index contributed by atoms with van der Waals surface area (Å²) in [5.41, 5.74) is 1.20. The molecule has 0 radical (unpaired) electrons. The molecule has 0 saturated carbocycles. The molecule has 0 atom stereocenters. The fourth-order valence-corrected chi connectivity index (χ4v) is 3.27. The van der Waals surface area contributed by atoms with E-state index < -0.39 is 21.8 Å². The molecule has 0 aliphatic rings. The highest BCUT2D eigenvalue weighted by Crippen LogP contribution is 2.23. The Morgan fingerprint density at radius 3 is 2.48 bits per heavy atom. The van der Waals surface area contributed by atoms with Crippen molar-refractivity contribution in [1.29, 1.82) is 0 Å². The van der Waals surface area contributed by atoms with E-state index in [0.29, 0.717) is 5.56 Å². The van der Waals surface area contributed by atoms with Crippen LogP contribution in [0.25, 0.3) is 0 Å². The summed E-state index contributed by atoms with van der Waals surface area (Å²) >= 11 is 0. The molecule has 0 aromatic heterocycles. The van der Waals surface area contributed by atoms with Crippen LogP contribution in [0.2, 0.25) is 0 Å². The summed E-state index contributed by atoms with van der Waals surface area (Å²) in [4.78, 5) is 11.6. The van der Waals surface area contributed by atoms with Crippen molar-refractivity contribution >= 4 is 21.7 Å².